The SMILES string of the molecule is CCOc1cc(Cl)ccc1NC(=O)Cc1c(C)n[nH]c1C. The Balaban J connectivity index is 2.13. The van der Waals surface area contributed by atoms with E-state index in [2.05, 4.69) is 15.5 Å². The molecule has 0 aliphatic rings. The van der Waals surface area contributed by atoms with Gasteiger partial charge in [0.2, 0.25) is 5.91 Å². The number of nitrogens with zero attached hydrogens (tertiary/aromatic N) is 1. The highest BCUT2D eigenvalue weighted by atomic mass is 35.5. The van der Waals surface area contributed by atoms with E-state index in [-0.39, 0.29) is 12.3 Å². The number of halogens is 1. The van der Waals surface area contributed by atoms with E-state index in [1.807, 2.05) is 20.8 Å². The van der Waals surface area contributed by atoms with Crippen LogP contribution in [0.15, 0.2) is 18.2 Å². The van der Waals surface area contributed by atoms with Crippen LogP contribution in [0.5, 0.6) is 5.75 Å². The topological polar surface area (TPSA) is 67.0 Å². The van der Waals surface area contributed by atoms with Gasteiger partial charge in [-0.2, -0.15) is 5.10 Å². The molecule has 0 saturated heterocycles. The molecule has 0 aliphatic heterocycles. The molecule has 1 aromatic carbocycles. The van der Waals surface area contributed by atoms with E-state index in [1.54, 1.807) is 18.2 Å². The molecular weight excluding hydrogens is 290 g/mol. The first kappa shape index (κ1) is 15.4. The van der Waals surface area contributed by atoms with E-state index in [0.717, 1.165) is 17.0 Å². The van der Waals surface area contributed by atoms with E-state index >= 15 is 0 Å². The fraction of sp³-hybridized carbons (Fsp3) is 0.333. The molecule has 1 amide bonds. The normalized spacial score (nSPS) is 10.5. The van der Waals surface area contributed by atoms with Crippen molar-refractivity contribution in [1.29, 1.82) is 0 Å². The lowest BCUT2D eigenvalue weighted by Gasteiger charge is -2.12. The van der Waals surface area contributed by atoms with Crippen molar-refractivity contribution in [1.82, 2.24) is 10.2 Å². The Morgan fingerprint density at radius 3 is 2.81 bits per heavy atom. The summed E-state index contributed by atoms with van der Waals surface area (Å²) in [5.74, 6) is 0.449. The minimum Gasteiger partial charge on any atom is -0.492 e. The monoisotopic (exact) mass is 307 g/mol. The molecule has 0 unspecified atom stereocenters. The maximum absolute atomic E-state index is 12.2. The van der Waals surface area contributed by atoms with Gasteiger partial charge in [-0.3, -0.25) is 9.89 Å². The third-order valence-electron chi connectivity index (χ3n) is 3.14. The van der Waals surface area contributed by atoms with Gasteiger partial charge in [0, 0.05) is 22.3 Å². The molecule has 0 atom stereocenters. The summed E-state index contributed by atoms with van der Waals surface area (Å²) in [6.07, 6.45) is 0.266. The van der Waals surface area contributed by atoms with Crippen molar-refractivity contribution in [3.8, 4) is 5.75 Å². The summed E-state index contributed by atoms with van der Waals surface area (Å²) in [5, 5.41) is 10.4. The van der Waals surface area contributed by atoms with Crippen molar-refractivity contribution in [3.05, 3.63) is 40.2 Å². The number of benzene rings is 1. The molecule has 5 nitrogen and oxygen atoms in total. The molecule has 0 saturated carbocycles. The van der Waals surface area contributed by atoms with E-state index in [1.165, 1.54) is 0 Å². The number of hydrogen-bond donors (Lipinski definition) is 2. The summed E-state index contributed by atoms with van der Waals surface area (Å²) in [6.45, 7) is 6.16. The molecule has 0 bridgehead atoms. The molecule has 1 aromatic heterocycles. The molecule has 0 radical (unpaired) electrons. The van der Waals surface area contributed by atoms with Crippen molar-refractivity contribution < 1.29 is 9.53 Å². The molecule has 0 spiro atoms. The molecule has 0 fully saturated rings. The van der Waals surface area contributed by atoms with Crippen LogP contribution in [0, 0.1) is 13.8 Å². The Bertz CT molecular complexity index is 633. The van der Waals surface area contributed by atoms with Gasteiger partial charge in [-0.1, -0.05) is 11.6 Å². The summed E-state index contributed by atoms with van der Waals surface area (Å²) in [5.41, 5.74) is 3.28. The summed E-state index contributed by atoms with van der Waals surface area (Å²) < 4.78 is 5.48. The number of hydrogen-bond acceptors (Lipinski definition) is 3. The average Bonchev–Trinajstić information content (AvgIpc) is 2.74. The molecule has 2 N–H and O–H groups in total. The molecular formula is C15H18ClN3O2. The summed E-state index contributed by atoms with van der Waals surface area (Å²) in [7, 11) is 0. The number of anilines is 1. The molecule has 112 valence electrons. The van der Waals surface area contributed by atoms with E-state index in [0.29, 0.717) is 23.1 Å². The average molecular weight is 308 g/mol. The Morgan fingerprint density at radius 2 is 2.19 bits per heavy atom. The van der Waals surface area contributed by atoms with Crippen LogP contribution in [0.4, 0.5) is 5.69 Å². The fourth-order valence-corrected chi connectivity index (χ4v) is 2.23. The molecule has 2 aromatic rings. The highest BCUT2D eigenvalue weighted by Crippen LogP contribution is 2.28. The lowest BCUT2D eigenvalue weighted by molar-refractivity contribution is -0.115. The standard InChI is InChI=1S/C15H18ClN3O2/c1-4-21-14-7-11(16)5-6-13(14)17-15(20)8-12-9(2)18-19-10(12)3/h5-7H,4,8H2,1-3H3,(H,17,20)(H,18,19). The van der Waals surface area contributed by atoms with Crippen molar-refractivity contribution in [2.24, 2.45) is 0 Å². The number of carbonyl (C=O) groups is 1. The number of ether oxygens (including phenoxy) is 1. The number of carbonyl (C=O) groups excluding carboxylic acids is 1. The van der Waals surface area contributed by atoms with Crippen LogP contribution in [-0.2, 0) is 11.2 Å². The quantitative estimate of drug-likeness (QED) is 0.891. The lowest BCUT2D eigenvalue weighted by Crippen LogP contribution is -2.16. The molecule has 0 aliphatic carbocycles. The smallest absolute Gasteiger partial charge is 0.229 e. The fourth-order valence-electron chi connectivity index (χ4n) is 2.06. The van der Waals surface area contributed by atoms with Crippen LogP contribution in [0.2, 0.25) is 5.02 Å². The summed E-state index contributed by atoms with van der Waals surface area (Å²) in [6, 6.07) is 5.14. The third-order valence-corrected chi connectivity index (χ3v) is 3.37. The van der Waals surface area contributed by atoms with Gasteiger partial charge in [0.25, 0.3) is 0 Å². The second kappa shape index (κ2) is 6.63. The number of aryl methyl sites for hydroxylation is 2. The van der Waals surface area contributed by atoms with Crippen LogP contribution >= 0.6 is 11.6 Å². The second-order valence-electron chi connectivity index (χ2n) is 4.71. The maximum atomic E-state index is 12.2. The Morgan fingerprint density at radius 1 is 1.43 bits per heavy atom. The zero-order chi connectivity index (χ0) is 15.4. The van der Waals surface area contributed by atoms with Crippen molar-refractivity contribution in [3.63, 3.8) is 0 Å². The molecule has 1 heterocycles. The first-order valence-corrected chi connectivity index (χ1v) is 7.11. The van der Waals surface area contributed by atoms with Gasteiger partial charge in [0.05, 0.1) is 24.4 Å². The van der Waals surface area contributed by atoms with Crippen LogP contribution in [-0.4, -0.2) is 22.7 Å². The molecule has 6 heteroatoms. The number of rotatable bonds is 5. The predicted octanol–water partition coefficient (Wildman–Crippen LogP) is 3.26. The highest BCUT2D eigenvalue weighted by molar-refractivity contribution is 6.30. The third kappa shape index (κ3) is 3.76. The lowest BCUT2D eigenvalue weighted by atomic mass is 10.1. The molecule has 21 heavy (non-hydrogen) atoms. The number of nitrogens with one attached hydrogen (secondary N) is 2. The number of H-pyrrole nitrogens is 1. The first-order chi connectivity index (χ1) is 10.0. The van der Waals surface area contributed by atoms with Gasteiger partial charge in [-0.15, -0.1) is 0 Å². The van der Waals surface area contributed by atoms with Gasteiger partial charge in [0.1, 0.15) is 5.75 Å². The second-order valence-corrected chi connectivity index (χ2v) is 5.15. The predicted molar refractivity (Wildman–Crippen MR) is 83.0 cm³/mol. The van der Waals surface area contributed by atoms with Crippen molar-refractivity contribution in [2.45, 2.75) is 27.2 Å². The minimum atomic E-state index is -0.120. The van der Waals surface area contributed by atoms with Crippen molar-refractivity contribution >= 4 is 23.2 Å². The largest absolute Gasteiger partial charge is 0.492 e. The van der Waals surface area contributed by atoms with Crippen LogP contribution in [0.1, 0.15) is 23.9 Å². The summed E-state index contributed by atoms with van der Waals surface area (Å²) in [4.78, 5) is 12.2. The minimum absolute atomic E-state index is 0.120. The summed E-state index contributed by atoms with van der Waals surface area (Å²) >= 11 is 5.94. The van der Waals surface area contributed by atoms with E-state index in [4.69, 9.17) is 16.3 Å². The van der Waals surface area contributed by atoms with Gasteiger partial charge < -0.3 is 10.1 Å². The van der Waals surface area contributed by atoms with Gasteiger partial charge >= 0.3 is 0 Å². The number of aromatic nitrogens is 2. The Kier molecular flexibility index (Phi) is 4.85. The first-order valence-electron chi connectivity index (χ1n) is 6.74. The van der Waals surface area contributed by atoms with Gasteiger partial charge in [-0.25, -0.2) is 0 Å². The Labute approximate surface area is 128 Å². The van der Waals surface area contributed by atoms with E-state index < -0.39 is 0 Å². The highest BCUT2D eigenvalue weighted by Gasteiger charge is 2.13. The maximum Gasteiger partial charge on any atom is 0.229 e. The van der Waals surface area contributed by atoms with Crippen molar-refractivity contribution in [2.75, 3.05) is 11.9 Å². The van der Waals surface area contributed by atoms with Crippen LogP contribution in [0.3, 0.4) is 0 Å². The Hall–Kier alpha value is -2.01. The zero-order valence-electron chi connectivity index (χ0n) is 12.3. The number of aromatic amines is 1. The van der Waals surface area contributed by atoms with Crippen LogP contribution in [0.25, 0.3) is 0 Å². The number of amides is 1. The zero-order valence-corrected chi connectivity index (χ0v) is 13.0. The molecule has 2 rings (SSSR count). The van der Waals surface area contributed by atoms with Gasteiger partial charge in [-0.05, 0) is 32.9 Å². The van der Waals surface area contributed by atoms with Gasteiger partial charge in [0.15, 0.2) is 0 Å². The van der Waals surface area contributed by atoms with E-state index in [9.17, 15) is 4.79 Å². The van der Waals surface area contributed by atoms with Crippen LogP contribution < -0.4 is 10.1 Å².